The Hall–Kier alpha value is -1.69. The van der Waals surface area contributed by atoms with E-state index in [1.807, 2.05) is 6.07 Å². The average molecular weight is 276 g/mol. The Balaban J connectivity index is 1.56. The number of nitrogens with one attached hydrogen (secondary N) is 1. The highest BCUT2D eigenvalue weighted by Gasteiger charge is 2.23. The van der Waals surface area contributed by atoms with Crippen molar-refractivity contribution in [3.8, 4) is 0 Å². The van der Waals surface area contributed by atoms with Crippen LogP contribution in [0, 0.1) is 0 Å². The second-order valence-electron chi connectivity index (χ2n) is 5.24. The Morgan fingerprint density at radius 1 is 1.40 bits per heavy atom. The topological polar surface area (TPSA) is 67.4 Å². The van der Waals surface area contributed by atoms with Crippen molar-refractivity contribution in [3.05, 3.63) is 18.1 Å². The van der Waals surface area contributed by atoms with Crippen LogP contribution in [0.15, 0.2) is 12.3 Å². The molecule has 0 bridgehead atoms. The van der Waals surface area contributed by atoms with Crippen LogP contribution in [0.5, 0.6) is 0 Å². The summed E-state index contributed by atoms with van der Waals surface area (Å²) in [7, 11) is 0. The van der Waals surface area contributed by atoms with Crippen LogP contribution < -0.4 is 10.2 Å². The van der Waals surface area contributed by atoms with Crippen LogP contribution in [0.4, 0.5) is 5.82 Å². The molecule has 2 fully saturated rings. The van der Waals surface area contributed by atoms with E-state index in [1.165, 1.54) is 12.8 Å². The largest absolute Gasteiger partial charge is 0.368 e. The number of carbonyl (C=O) groups is 1. The van der Waals surface area contributed by atoms with E-state index in [-0.39, 0.29) is 12.0 Å². The van der Waals surface area contributed by atoms with E-state index in [0.717, 1.165) is 31.7 Å². The van der Waals surface area contributed by atoms with E-state index in [4.69, 9.17) is 4.74 Å². The van der Waals surface area contributed by atoms with Gasteiger partial charge in [-0.3, -0.25) is 4.79 Å². The number of ether oxygens (including phenoxy) is 1. The minimum absolute atomic E-state index is 0.0577. The molecule has 3 heterocycles. The molecule has 2 aliphatic rings. The third-order valence-corrected chi connectivity index (χ3v) is 3.76. The third-order valence-electron chi connectivity index (χ3n) is 3.76. The van der Waals surface area contributed by atoms with Crippen LogP contribution in [0.3, 0.4) is 0 Å². The molecule has 1 aromatic rings. The minimum Gasteiger partial charge on any atom is -0.368 e. The van der Waals surface area contributed by atoms with Gasteiger partial charge in [0, 0.05) is 25.9 Å². The summed E-state index contributed by atoms with van der Waals surface area (Å²) < 4.78 is 5.35. The zero-order valence-corrected chi connectivity index (χ0v) is 11.5. The van der Waals surface area contributed by atoms with E-state index in [1.54, 1.807) is 6.20 Å². The molecule has 6 heteroatoms. The second-order valence-corrected chi connectivity index (χ2v) is 5.24. The lowest BCUT2D eigenvalue weighted by Gasteiger charge is -2.16. The molecule has 20 heavy (non-hydrogen) atoms. The molecule has 0 aromatic carbocycles. The molecule has 1 amide bonds. The molecule has 0 spiro atoms. The zero-order chi connectivity index (χ0) is 13.8. The number of anilines is 1. The molecule has 6 nitrogen and oxygen atoms in total. The summed E-state index contributed by atoms with van der Waals surface area (Å²) in [5.74, 6) is 1.55. The Bertz CT molecular complexity index is 468. The van der Waals surface area contributed by atoms with Crippen molar-refractivity contribution in [1.82, 2.24) is 15.3 Å². The first-order valence-electron chi connectivity index (χ1n) is 7.29. The van der Waals surface area contributed by atoms with Crippen LogP contribution in [-0.4, -0.2) is 41.7 Å². The van der Waals surface area contributed by atoms with Crippen LogP contribution in [0.25, 0.3) is 0 Å². The van der Waals surface area contributed by atoms with E-state index < -0.39 is 0 Å². The summed E-state index contributed by atoms with van der Waals surface area (Å²) >= 11 is 0. The molecule has 2 aliphatic heterocycles. The van der Waals surface area contributed by atoms with Gasteiger partial charge >= 0.3 is 0 Å². The molecule has 108 valence electrons. The summed E-state index contributed by atoms with van der Waals surface area (Å²) in [6, 6.07) is 1.93. The Kier molecular flexibility index (Phi) is 4.11. The van der Waals surface area contributed by atoms with Gasteiger partial charge in [0.25, 0.3) is 0 Å². The van der Waals surface area contributed by atoms with E-state index in [9.17, 15) is 4.79 Å². The van der Waals surface area contributed by atoms with Crippen molar-refractivity contribution in [2.24, 2.45) is 0 Å². The molecule has 1 N–H and O–H groups in total. The number of hydrogen-bond donors (Lipinski definition) is 1. The lowest BCUT2D eigenvalue weighted by Crippen LogP contribution is -2.34. The van der Waals surface area contributed by atoms with Gasteiger partial charge < -0.3 is 15.0 Å². The Morgan fingerprint density at radius 3 is 3.00 bits per heavy atom. The van der Waals surface area contributed by atoms with Crippen LogP contribution in [0.2, 0.25) is 0 Å². The smallest absolute Gasteiger partial charge is 0.249 e. The molecular weight excluding hydrogens is 256 g/mol. The van der Waals surface area contributed by atoms with Crippen molar-refractivity contribution < 1.29 is 9.53 Å². The first-order chi connectivity index (χ1) is 9.83. The minimum atomic E-state index is -0.295. The molecule has 1 aromatic heterocycles. The van der Waals surface area contributed by atoms with Gasteiger partial charge in [-0.2, -0.15) is 0 Å². The Morgan fingerprint density at radius 2 is 2.25 bits per heavy atom. The van der Waals surface area contributed by atoms with E-state index in [0.29, 0.717) is 19.0 Å². The summed E-state index contributed by atoms with van der Waals surface area (Å²) in [6.45, 7) is 3.15. The standard InChI is InChI=1S/C14H20N4O2/c19-14(11-4-3-9-20-11)16-10-12-15-6-5-13(17-12)18-7-1-2-8-18/h5-6,11H,1-4,7-10H2,(H,16,19). The number of nitrogens with zero attached hydrogens (tertiary/aromatic N) is 3. The zero-order valence-electron chi connectivity index (χ0n) is 11.5. The van der Waals surface area contributed by atoms with Gasteiger partial charge in [-0.15, -0.1) is 0 Å². The predicted molar refractivity (Wildman–Crippen MR) is 74.3 cm³/mol. The van der Waals surface area contributed by atoms with Crippen molar-refractivity contribution in [1.29, 1.82) is 0 Å². The Labute approximate surface area is 118 Å². The lowest BCUT2D eigenvalue weighted by molar-refractivity contribution is -0.130. The molecule has 0 radical (unpaired) electrons. The number of hydrogen-bond acceptors (Lipinski definition) is 5. The monoisotopic (exact) mass is 276 g/mol. The molecule has 1 unspecified atom stereocenters. The lowest BCUT2D eigenvalue weighted by atomic mass is 10.2. The maximum Gasteiger partial charge on any atom is 0.249 e. The number of carbonyl (C=O) groups excluding carboxylic acids is 1. The fourth-order valence-corrected chi connectivity index (χ4v) is 2.66. The second kappa shape index (κ2) is 6.17. The normalized spacial score (nSPS) is 22.2. The fourth-order valence-electron chi connectivity index (χ4n) is 2.66. The molecule has 1 atom stereocenters. The van der Waals surface area contributed by atoms with Gasteiger partial charge in [0.1, 0.15) is 17.7 Å². The van der Waals surface area contributed by atoms with Gasteiger partial charge in [0.2, 0.25) is 5.91 Å². The van der Waals surface area contributed by atoms with Gasteiger partial charge in [-0.1, -0.05) is 0 Å². The summed E-state index contributed by atoms with van der Waals surface area (Å²) in [6.07, 6.45) is 5.66. The molecule has 2 saturated heterocycles. The quantitative estimate of drug-likeness (QED) is 0.884. The molecule has 0 saturated carbocycles. The number of rotatable bonds is 4. The van der Waals surface area contributed by atoms with Gasteiger partial charge in [-0.25, -0.2) is 9.97 Å². The maximum atomic E-state index is 11.9. The third kappa shape index (κ3) is 3.07. The highest BCUT2D eigenvalue weighted by atomic mass is 16.5. The predicted octanol–water partition coefficient (Wildman–Crippen LogP) is 0.872. The summed E-state index contributed by atoms with van der Waals surface area (Å²) in [5.41, 5.74) is 0. The van der Waals surface area contributed by atoms with Gasteiger partial charge in [0.15, 0.2) is 0 Å². The van der Waals surface area contributed by atoms with E-state index in [2.05, 4.69) is 20.2 Å². The SMILES string of the molecule is O=C(NCc1nccc(N2CCCC2)n1)C1CCCO1. The highest BCUT2D eigenvalue weighted by Crippen LogP contribution is 2.17. The van der Waals surface area contributed by atoms with E-state index >= 15 is 0 Å². The van der Waals surface area contributed by atoms with Gasteiger partial charge in [0.05, 0.1) is 6.54 Å². The molecule has 0 aliphatic carbocycles. The fraction of sp³-hybridized carbons (Fsp3) is 0.643. The van der Waals surface area contributed by atoms with Crippen molar-refractivity contribution in [2.75, 3.05) is 24.6 Å². The van der Waals surface area contributed by atoms with Crippen molar-refractivity contribution in [2.45, 2.75) is 38.3 Å². The van der Waals surface area contributed by atoms with Crippen LogP contribution in [0.1, 0.15) is 31.5 Å². The van der Waals surface area contributed by atoms with Gasteiger partial charge in [-0.05, 0) is 31.7 Å². The number of amides is 1. The van der Waals surface area contributed by atoms with Crippen LogP contribution >= 0.6 is 0 Å². The maximum absolute atomic E-state index is 11.9. The first kappa shape index (κ1) is 13.3. The van der Waals surface area contributed by atoms with Crippen molar-refractivity contribution in [3.63, 3.8) is 0 Å². The average Bonchev–Trinajstić information content (AvgIpc) is 3.17. The first-order valence-corrected chi connectivity index (χ1v) is 7.29. The summed E-state index contributed by atoms with van der Waals surface area (Å²) in [5, 5.41) is 2.85. The highest BCUT2D eigenvalue weighted by molar-refractivity contribution is 5.80. The molecule has 3 rings (SSSR count). The van der Waals surface area contributed by atoms with Crippen LogP contribution in [-0.2, 0) is 16.1 Å². The van der Waals surface area contributed by atoms with Crippen molar-refractivity contribution >= 4 is 11.7 Å². The summed E-state index contributed by atoms with van der Waals surface area (Å²) in [4.78, 5) is 22.8. The molecular formula is C14H20N4O2. The number of aromatic nitrogens is 2.